The third-order valence-electron chi connectivity index (χ3n) is 3.03. The number of pyridine rings is 1. The van der Waals surface area contributed by atoms with E-state index in [-0.39, 0.29) is 5.56 Å². The van der Waals surface area contributed by atoms with Crippen LogP contribution in [0.3, 0.4) is 0 Å². The molecule has 1 aromatic carbocycles. The molecule has 0 aliphatic carbocycles. The molecule has 3 heteroatoms. The predicted molar refractivity (Wildman–Crippen MR) is 70.7 cm³/mol. The van der Waals surface area contributed by atoms with Crippen molar-refractivity contribution in [2.24, 2.45) is 0 Å². The van der Waals surface area contributed by atoms with E-state index < -0.39 is 0 Å². The maximum atomic E-state index is 12.2. The van der Waals surface area contributed by atoms with Gasteiger partial charge in [-0.1, -0.05) is 30.3 Å². The lowest BCUT2D eigenvalue weighted by molar-refractivity contribution is 0.740. The van der Waals surface area contributed by atoms with Gasteiger partial charge in [0.25, 0.3) is 5.56 Å². The summed E-state index contributed by atoms with van der Waals surface area (Å²) >= 11 is 1.78. The van der Waals surface area contributed by atoms with Gasteiger partial charge in [-0.25, -0.2) is 0 Å². The van der Waals surface area contributed by atoms with Crippen molar-refractivity contribution in [2.75, 3.05) is 5.75 Å². The molecule has 2 heterocycles. The number of nitrogens with zero attached hydrogens (tertiary/aromatic N) is 1. The number of rotatable bonds is 2. The lowest BCUT2D eigenvalue weighted by Crippen LogP contribution is -2.23. The van der Waals surface area contributed by atoms with E-state index in [1.165, 1.54) is 10.5 Å². The summed E-state index contributed by atoms with van der Waals surface area (Å²) in [4.78, 5) is 13.4. The molecule has 0 saturated carbocycles. The Morgan fingerprint density at radius 2 is 2.00 bits per heavy atom. The van der Waals surface area contributed by atoms with Crippen LogP contribution in [-0.4, -0.2) is 10.3 Å². The predicted octanol–water partition coefficient (Wildman–Crippen LogP) is 2.54. The molecule has 1 aromatic heterocycles. The van der Waals surface area contributed by atoms with Gasteiger partial charge in [0.1, 0.15) is 0 Å². The second-order valence-electron chi connectivity index (χ2n) is 4.18. The molecule has 1 aliphatic rings. The summed E-state index contributed by atoms with van der Waals surface area (Å²) in [7, 11) is 0. The van der Waals surface area contributed by atoms with Crippen LogP contribution in [-0.2, 0) is 13.0 Å². The summed E-state index contributed by atoms with van der Waals surface area (Å²) in [6.45, 7) is 0.664. The van der Waals surface area contributed by atoms with E-state index in [2.05, 4.69) is 18.2 Å². The molecule has 17 heavy (non-hydrogen) atoms. The van der Waals surface area contributed by atoms with Crippen molar-refractivity contribution >= 4 is 11.8 Å². The van der Waals surface area contributed by atoms with Crippen LogP contribution in [0.5, 0.6) is 0 Å². The second-order valence-corrected chi connectivity index (χ2v) is 5.31. The molecule has 2 aromatic rings. The highest BCUT2D eigenvalue weighted by molar-refractivity contribution is 7.99. The van der Waals surface area contributed by atoms with Crippen LogP contribution < -0.4 is 5.56 Å². The first kappa shape index (κ1) is 10.7. The van der Waals surface area contributed by atoms with Gasteiger partial charge in [-0.2, -0.15) is 0 Å². The lowest BCUT2D eigenvalue weighted by atomic mass is 10.2. The molecular formula is C14H13NOS. The first-order valence-corrected chi connectivity index (χ1v) is 6.72. The highest BCUT2D eigenvalue weighted by Gasteiger charge is 2.16. The highest BCUT2D eigenvalue weighted by Crippen LogP contribution is 2.28. The van der Waals surface area contributed by atoms with E-state index in [9.17, 15) is 4.79 Å². The molecule has 0 unspecified atom stereocenters. The fraction of sp³-hybridized carbons (Fsp3) is 0.214. The van der Waals surface area contributed by atoms with Crippen LogP contribution in [0.15, 0.2) is 52.3 Å². The number of thioether (sulfide) groups is 1. The third-order valence-corrected chi connectivity index (χ3v) is 4.13. The number of benzene rings is 1. The van der Waals surface area contributed by atoms with E-state index in [1.54, 1.807) is 16.3 Å². The number of hydrogen-bond donors (Lipinski definition) is 0. The largest absolute Gasteiger partial charge is 0.311 e. The molecule has 2 nitrogen and oxygen atoms in total. The SMILES string of the molecule is O=c1c2c(ccn1Cc1ccccc1)SCC2. The molecule has 0 atom stereocenters. The summed E-state index contributed by atoms with van der Waals surface area (Å²) in [5.41, 5.74) is 2.34. The van der Waals surface area contributed by atoms with Gasteiger partial charge >= 0.3 is 0 Å². The Morgan fingerprint density at radius 3 is 2.82 bits per heavy atom. The van der Waals surface area contributed by atoms with Crippen LogP contribution in [0.25, 0.3) is 0 Å². The first-order chi connectivity index (χ1) is 8.34. The van der Waals surface area contributed by atoms with Gasteiger partial charge in [-0.05, 0) is 18.1 Å². The first-order valence-electron chi connectivity index (χ1n) is 5.73. The van der Waals surface area contributed by atoms with Crippen molar-refractivity contribution in [3.63, 3.8) is 0 Å². The number of fused-ring (bicyclic) bond motifs is 1. The zero-order valence-electron chi connectivity index (χ0n) is 9.43. The fourth-order valence-corrected chi connectivity index (χ4v) is 3.18. The van der Waals surface area contributed by atoms with Crippen LogP contribution in [0.4, 0.5) is 0 Å². The summed E-state index contributed by atoms with van der Waals surface area (Å²) in [6, 6.07) is 12.2. The van der Waals surface area contributed by atoms with Crippen molar-refractivity contribution in [3.8, 4) is 0 Å². The van der Waals surface area contributed by atoms with Gasteiger partial charge in [-0.3, -0.25) is 4.79 Å². The van der Waals surface area contributed by atoms with E-state index in [1.807, 2.05) is 24.4 Å². The van der Waals surface area contributed by atoms with Gasteiger partial charge in [0, 0.05) is 22.4 Å². The molecule has 86 valence electrons. The van der Waals surface area contributed by atoms with Gasteiger partial charge in [0.15, 0.2) is 0 Å². The lowest BCUT2D eigenvalue weighted by Gasteiger charge is -2.07. The van der Waals surface area contributed by atoms with Gasteiger partial charge < -0.3 is 4.57 Å². The summed E-state index contributed by atoms with van der Waals surface area (Å²) in [5.74, 6) is 1.04. The Balaban J connectivity index is 1.98. The fourth-order valence-electron chi connectivity index (χ4n) is 2.14. The van der Waals surface area contributed by atoms with Gasteiger partial charge in [-0.15, -0.1) is 11.8 Å². The van der Waals surface area contributed by atoms with Crippen molar-refractivity contribution in [3.05, 3.63) is 64.1 Å². The van der Waals surface area contributed by atoms with Crippen molar-refractivity contribution in [1.82, 2.24) is 4.57 Å². The molecule has 0 amide bonds. The van der Waals surface area contributed by atoms with Crippen LogP contribution in [0, 0.1) is 0 Å². The summed E-state index contributed by atoms with van der Waals surface area (Å²) < 4.78 is 1.81. The minimum Gasteiger partial charge on any atom is -0.311 e. The van der Waals surface area contributed by atoms with E-state index in [0.29, 0.717) is 6.54 Å². The van der Waals surface area contributed by atoms with Crippen LogP contribution in [0.2, 0.25) is 0 Å². The normalized spacial score (nSPS) is 13.6. The quantitative estimate of drug-likeness (QED) is 0.808. The monoisotopic (exact) mass is 243 g/mol. The molecule has 0 saturated heterocycles. The molecule has 0 radical (unpaired) electrons. The Hall–Kier alpha value is -1.48. The smallest absolute Gasteiger partial charge is 0.255 e. The minimum atomic E-state index is 0.177. The second kappa shape index (κ2) is 4.41. The van der Waals surface area contributed by atoms with E-state index in [0.717, 1.165) is 17.7 Å². The summed E-state index contributed by atoms with van der Waals surface area (Å²) in [5, 5.41) is 0. The van der Waals surface area contributed by atoms with Gasteiger partial charge in [0.05, 0.1) is 6.54 Å². The summed E-state index contributed by atoms with van der Waals surface area (Å²) in [6.07, 6.45) is 2.82. The maximum Gasteiger partial charge on any atom is 0.255 e. The Labute approximate surface area is 104 Å². The molecule has 3 rings (SSSR count). The zero-order chi connectivity index (χ0) is 11.7. The molecule has 0 N–H and O–H groups in total. The Bertz CT molecular complexity index is 589. The van der Waals surface area contributed by atoms with E-state index >= 15 is 0 Å². The van der Waals surface area contributed by atoms with Crippen LogP contribution >= 0.6 is 11.8 Å². The Kier molecular flexibility index (Phi) is 2.77. The highest BCUT2D eigenvalue weighted by atomic mass is 32.2. The third kappa shape index (κ3) is 2.03. The number of hydrogen-bond acceptors (Lipinski definition) is 2. The van der Waals surface area contributed by atoms with Gasteiger partial charge in [0.2, 0.25) is 0 Å². The standard InChI is InChI=1S/C14H13NOS/c16-14-12-7-9-17-13(12)6-8-15(14)10-11-4-2-1-3-5-11/h1-6,8H,7,9-10H2. The average Bonchev–Trinajstić information content (AvgIpc) is 2.83. The van der Waals surface area contributed by atoms with Crippen molar-refractivity contribution < 1.29 is 0 Å². The molecule has 1 aliphatic heterocycles. The van der Waals surface area contributed by atoms with Crippen molar-refractivity contribution in [1.29, 1.82) is 0 Å². The molecular weight excluding hydrogens is 230 g/mol. The van der Waals surface area contributed by atoms with Crippen LogP contribution in [0.1, 0.15) is 11.1 Å². The van der Waals surface area contributed by atoms with E-state index in [4.69, 9.17) is 0 Å². The topological polar surface area (TPSA) is 22.0 Å². The molecule has 0 spiro atoms. The Morgan fingerprint density at radius 1 is 1.18 bits per heavy atom. The zero-order valence-corrected chi connectivity index (χ0v) is 10.2. The number of aromatic nitrogens is 1. The van der Waals surface area contributed by atoms with Crippen molar-refractivity contribution in [2.45, 2.75) is 17.9 Å². The minimum absolute atomic E-state index is 0.177. The molecule has 0 bridgehead atoms. The average molecular weight is 243 g/mol. The molecule has 0 fully saturated rings. The maximum absolute atomic E-state index is 12.2.